The van der Waals surface area contributed by atoms with Crippen LogP contribution >= 0.6 is 0 Å². The second-order valence-electron chi connectivity index (χ2n) is 4.11. The fraction of sp³-hybridized carbons (Fsp3) is 0.583. The van der Waals surface area contributed by atoms with Crippen molar-refractivity contribution in [3.8, 4) is 0 Å². The second kappa shape index (κ2) is 6.94. The number of nitrogens with zero attached hydrogens (tertiary/aromatic N) is 1. The Kier molecular flexibility index (Phi) is 5.87. The highest BCUT2D eigenvalue weighted by atomic mass is 28.4. The van der Waals surface area contributed by atoms with Gasteiger partial charge in [-0.15, -0.1) is 0 Å². The summed E-state index contributed by atoms with van der Waals surface area (Å²) in [6.45, 7) is 1.94. The Bertz CT molecular complexity index is 366. The van der Waals surface area contributed by atoms with Gasteiger partial charge in [-0.1, -0.05) is 6.92 Å². The van der Waals surface area contributed by atoms with Crippen molar-refractivity contribution in [2.24, 2.45) is 0 Å². The molecular formula is C12H20FNO3Si. The van der Waals surface area contributed by atoms with Crippen LogP contribution in [-0.2, 0) is 13.3 Å². The lowest BCUT2D eigenvalue weighted by Crippen LogP contribution is -2.42. The number of hydrogen-bond donors (Lipinski definition) is 0. The summed E-state index contributed by atoms with van der Waals surface area (Å²) in [7, 11) is 2.14. The first-order valence-corrected chi connectivity index (χ1v) is 7.77. The number of halogens is 1. The highest BCUT2D eigenvalue weighted by Gasteiger charge is 2.37. The summed E-state index contributed by atoms with van der Waals surface area (Å²) in [5, 5.41) is 0. The monoisotopic (exact) mass is 273 g/mol. The Balaban J connectivity index is 2.66. The topological polar surface area (TPSA) is 40.6 Å². The lowest BCUT2D eigenvalue weighted by atomic mass is 10.0. The molecule has 1 atom stereocenters. The molecule has 6 heteroatoms. The van der Waals surface area contributed by atoms with Gasteiger partial charge in [0.1, 0.15) is 5.82 Å². The largest absolute Gasteiger partial charge is 0.500 e. The maximum absolute atomic E-state index is 13.6. The van der Waals surface area contributed by atoms with Crippen molar-refractivity contribution in [1.82, 2.24) is 4.98 Å². The van der Waals surface area contributed by atoms with Crippen LogP contribution in [0, 0.1) is 5.82 Å². The first kappa shape index (κ1) is 15.2. The van der Waals surface area contributed by atoms with Gasteiger partial charge in [0.05, 0.1) is 5.69 Å². The molecule has 1 aromatic heterocycles. The Morgan fingerprint density at radius 1 is 1.28 bits per heavy atom. The van der Waals surface area contributed by atoms with Crippen LogP contribution in [0.1, 0.15) is 25.0 Å². The highest BCUT2D eigenvalue weighted by Crippen LogP contribution is 2.25. The van der Waals surface area contributed by atoms with Crippen LogP contribution in [0.2, 0.25) is 6.04 Å². The normalized spacial score (nSPS) is 13.6. The van der Waals surface area contributed by atoms with E-state index >= 15 is 0 Å². The molecule has 4 nitrogen and oxygen atoms in total. The molecule has 0 saturated carbocycles. The second-order valence-corrected chi connectivity index (χ2v) is 7.20. The third-order valence-corrected chi connectivity index (χ3v) is 5.84. The average Bonchev–Trinajstić information content (AvgIpc) is 2.41. The maximum atomic E-state index is 13.6. The Labute approximate surface area is 108 Å². The van der Waals surface area contributed by atoms with Crippen molar-refractivity contribution in [2.75, 3.05) is 21.3 Å². The molecule has 0 aliphatic heterocycles. The van der Waals surface area contributed by atoms with Gasteiger partial charge in [0.2, 0.25) is 0 Å². The summed E-state index contributed by atoms with van der Waals surface area (Å²) >= 11 is 0. The number of hydrogen-bond acceptors (Lipinski definition) is 4. The molecule has 0 N–H and O–H groups in total. The molecule has 0 aliphatic carbocycles. The number of pyridine rings is 1. The number of aromatic nitrogens is 1. The molecular weight excluding hydrogens is 253 g/mol. The van der Waals surface area contributed by atoms with Crippen molar-refractivity contribution in [1.29, 1.82) is 0 Å². The molecule has 0 spiro atoms. The SMILES string of the molecule is CO[Si](CCC(C)c1ncccc1F)(OC)OC. The minimum Gasteiger partial charge on any atom is -0.377 e. The highest BCUT2D eigenvalue weighted by molar-refractivity contribution is 6.60. The van der Waals surface area contributed by atoms with E-state index in [0.717, 1.165) is 0 Å². The van der Waals surface area contributed by atoms with Crippen molar-refractivity contribution in [3.63, 3.8) is 0 Å². The predicted molar refractivity (Wildman–Crippen MR) is 68.8 cm³/mol. The van der Waals surface area contributed by atoms with E-state index in [0.29, 0.717) is 18.2 Å². The Hall–Kier alpha value is -0.823. The fourth-order valence-corrected chi connectivity index (χ4v) is 3.75. The summed E-state index contributed by atoms with van der Waals surface area (Å²) in [5.41, 5.74) is 0.476. The van der Waals surface area contributed by atoms with E-state index in [9.17, 15) is 4.39 Å². The van der Waals surface area contributed by atoms with Crippen molar-refractivity contribution in [2.45, 2.75) is 25.3 Å². The van der Waals surface area contributed by atoms with Gasteiger partial charge in [-0.2, -0.15) is 0 Å². The van der Waals surface area contributed by atoms with Crippen molar-refractivity contribution >= 4 is 8.80 Å². The zero-order valence-electron chi connectivity index (χ0n) is 11.3. The van der Waals surface area contributed by atoms with E-state index in [1.165, 1.54) is 6.07 Å². The van der Waals surface area contributed by atoms with E-state index in [1.54, 1.807) is 33.6 Å². The first-order chi connectivity index (χ1) is 8.58. The Morgan fingerprint density at radius 3 is 2.39 bits per heavy atom. The van der Waals surface area contributed by atoms with Gasteiger partial charge in [0.15, 0.2) is 0 Å². The summed E-state index contributed by atoms with van der Waals surface area (Å²) < 4.78 is 29.6. The first-order valence-electron chi connectivity index (χ1n) is 5.84. The molecule has 1 heterocycles. The number of rotatable bonds is 7. The van der Waals surface area contributed by atoms with Gasteiger partial charge in [-0.25, -0.2) is 4.39 Å². The quantitative estimate of drug-likeness (QED) is 0.716. The standard InChI is InChI=1S/C12H20FNO3Si/c1-10(12-11(13)6-5-8-14-12)7-9-18(15-2,16-3)17-4/h5-6,8,10H,7,9H2,1-4H3. The average molecular weight is 273 g/mol. The minimum absolute atomic E-state index is 0.00137. The fourth-order valence-electron chi connectivity index (χ4n) is 1.85. The van der Waals surface area contributed by atoms with Crippen LogP contribution in [0.5, 0.6) is 0 Å². The van der Waals surface area contributed by atoms with Gasteiger partial charge in [-0.3, -0.25) is 4.98 Å². The van der Waals surface area contributed by atoms with Crippen LogP contribution in [-0.4, -0.2) is 35.1 Å². The molecule has 0 aromatic carbocycles. The van der Waals surface area contributed by atoms with Crippen LogP contribution in [0.4, 0.5) is 4.39 Å². The molecule has 0 amide bonds. The smallest absolute Gasteiger partial charge is 0.377 e. The lowest BCUT2D eigenvalue weighted by Gasteiger charge is -2.25. The summed E-state index contributed by atoms with van der Waals surface area (Å²) in [4.78, 5) is 4.07. The Morgan fingerprint density at radius 2 is 1.89 bits per heavy atom. The van der Waals surface area contributed by atoms with Gasteiger partial charge in [-0.05, 0) is 18.6 Å². The van der Waals surface area contributed by atoms with Crippen LogP contribution in [0.15, 0.2) is 18.3 Å². The van der Waals surface area contributed by atoms with E-state index in [-0.39, 0.29) is 11.7 Å². The van der Waals surface area contributed by atoms with E-state index in [1.807, 2.05) is 6.92 Å². The molecule has 0 radical (unpaired) electrons. The van der Waals surface area contributed by atoms with Crippen molar-refractivity contribution < 1.29 is 17.7 Å². The minimum atomic E-state index is -2.58. The molecule has 1 rings (SSSR count). The van der Waals surface area contributed by atoms with Crippen LogP contribution in [0.3, 0.4) is 0 Å². The van der Waals surface area contributed by atoms with E-state index in [2.05, 4.69) is 4.98 Å². The third-order valence-electron chi connectivity index (χ3n) is 3.07. The lowest BCUT2D eigenvalue weighted by molar-refractivity contribution is 0.122. The predicted octanol–water partition coefficient (Wildman–Crippen LogP) is 2.59. The molecule has 0 bridgehead atoms. The summed E-state index contributed by atoms with van der Waals surface area (Å²) in [5.74, 6) is -0.275. The van der Waals surface area contributed by atoms with E-state index < -0.39 is 8.80 Å². The summed E-state index contributed by atoms with van der Waals surface area (Å²) in [6, 6.07) is 3.64. The molecule has 1 aromatic rings. The molecule has 0 aliphatic rings. The van der Waals surface area contributed by atoms with Crippen LogP contribution < -0.4 is 0 Å². The molecule has 0 fully saturated rings. The van der Waals surface area contributed by atoms with Gasteiger partial charge < -0.3 is 13.3 Å². The molecule has 1 unspecified atom stereocenters. The van der Waals surface area contributed by atoms with Gasteiger partial charge in [0, 0.05) is 39.5 Å². The van der Waals surface area contributed by atoms with Gasteiger partial charge in [0.25, 0.3) is 0 Å². The molecule has 102 valence electrons. The van der Waals surface area contributed by atoms with E-state index in [4.69, 9.17) is 13.3 Å². The van der Waals surface area contributed by atoms with Crippen molar-refractivity contribution in [3.05, 3.63) is 29.8 Å². The molecule has 18 heavy (non-hydrogen) atoms. The zero-order valence-corrected chi connectivity index (χ0v) is 12.3. The molecule has 0 saturated heterocycles. The third kappa shape index (κ3) is 3.58. The van der Waals surface area contributed by atoms with Crippen LogP contribution in [0.25, 0.3) is 0 Å². The maximum Gasteiger partial charge on any atom is 0.500 e. The summed E-state index contributed by atoms with van der Waals surface area (Å²) in [6.07, 6.45) is 2.30. The zero-order chi connectivity index (χ0) is 13.6. The van der Waals surface area contributed by atoms with Gasteiger partial charge >= 0.3 is 8.80 Å².